The van der Waals surface area contributed by atoms with E-state index in [2.05, 4.69) is 22.2 Å². The Bertz CT molecular complexity index is 747. The van der Waals surface area contributed by atoms with Crippen LogP contribution in [0.25, 0.3) is 0 Å². The zero-order chi connectivity index (χ0) is 18.4. The molecule has 2 aromatic heterocycles. The molecule has 0 saturated carbocycles. The zero-order valence-electron chi connectivity index (χ0n) is 15.0. The molecule has 0 unspecified atom stereocenters. The van der Waals surface area contributed by atoms with E-state index in [1.54, 1.807) is 22.4 Å². The molecule has 1 N–H and O–H groups in total. The number of carbonyl (C=O) groups excluding carboxylic acids is 2. The highest BCUT2D eigenvalue weighted by Crippen LogP contribution is 2.18. The average molecular weight is 372 g/mol. The molecule has 0 radical (unpaired) electrons. The van der Waals surface area contributed by atoms with Crippen molar-refractivity contribution in [2.75, 3.05) is 13.1 Å². The van der Waals surface area contributed by atoms with E-state index in [0.29, 0.717) is 38.9 Å². The standard InChI is InChI=1S/C19H24N4O2S/c1-2-17-22-16(13-26-17)11-21-19(25)14-6-7-18(24)23(12-14)10-8-15-5-3-4-9-20-15/h3-5,9,13-14H,2,6-8,10-12H2,1H3,(H,21,25)/t14-/m1/s1. The lowest BCUT2D eigenvalue weighted by Crippen LogP contribution is -2.46. The van der Waals surface area contributed by atoms with Crippen molar-refractivity contribution >= 4 is 23.2 Å². The third-order valence-electron chi connectivity index (χ3n) is 4.58. The van der Waals surface area contributed by atoms with Crippen LogP contribution in [0.5, 0.6) is 0 Å². The summed E-state index contributed by atoms with van der Waals surface area (Å²) in [5.74, 6) is -0.0239. The summed E-state index contributed by atoms with van der Waals surface area (Å²) < 4.78 is 0. The SMILES string of the molecule is CCc1nc(CNC(=O)[C@@H]2CCC(=O)N(CCc3ccccn3)C2)cs1. The number of likely N-dealkylation sites (tertiary alicyclic amines) is 1. The van der Waals surface area contributed by atoms with Gasteiger partial charge in [0.15, 0.2) is 0 Å². The Hall–Kier alpha value is -2.28. The van der Waals surface area contributed by atoms with E-state index < -0.39 is 0 Å². The molecule has 0 aromatic carbocycles. The van der Waals surface area contributed by atoms with Gasteiger partial charge in [-0.25, -0.2) is 4.98 Å². The first kappa shape index (κ1) is 18.5. The predicted molar refractivity (Wildman–Crippen MR) is 101 cm³/mol. The van der Waals surface area contributed by atoms with Crippen LogP contribution >= 0.6 is 11.3 Å². The number of nitrogens with zero attached hydrogens (tertiary/aromatic N) is 3. The van der Waals surface area contributed by atoms with Crippen LogP contribution in [0.15, 0.2) is 29.8 Å². The van der Waals surface area contributed by atoms with Gasteiger partial charge >= 0.3 is 0 Å². The Morgan fingerprint density at radius 3 is 3.00 bits per heavy atom. The molecule has 26 heavy (non-hydrogen) atoms. The third-order valence-corrected chi connectivity index (χ3v) is 5.62. The number of aryl methyl sites for hydroxylation is 1. The number of thiazole rings is 1. The maximum Gasteiger partial charge on any atom is 0.225 e. The normalized spacial score (nSPS) is 17.3. The number of piperidine rings is 1. The molecule has 1 fully saturated rings. The van der Waals surface area contributed by atoms with Crippen LogP contribution in [0, 0.1) is 5.92 Å². The Morgan fingerprint density at radius 1 is 1.38 bits per heavy atom. The van der Waals surface area contributed by atoms with Gasteiger partial charge in [-0.2, -0.15) is 0 Å². The molecule has 2 amide bonds. The molecule has 2 aromatic rings. The van der Waals surface area contributed by atoms with Gasteiger partial charge in [-0.3, -0.25) is 14.6 Å². The number of amides is 2. The quantitative estimate of drug-likeness (QED) is 0.808. The van der Waals surface area contributed by atoms with E-state index in [9.17, 15) is 9.59 Å². The summed E-state index contributed by atoms with van der Waals surface area (Å²) in [5.41, 5.74) is 1.86. The summed E-state index contributed by atoms with van der Waals surface area (Å²) in [7, 11) is 0. The molecule has 1 saturated heterocycles. The zero-order valence-corrected chi connectivity index (χ0v) is 15.8. The summed E-state index contributed by atoms with van der Waals surface area (Å²) in [6.45, 7) is 3.61. The number of nitrogens with one attached hydrogen (secondary N) is 1. The maximum absolute atomic E-state index is 12.5. The highest BCUT2D eigenvalue weighted by Gasteiger charge is 2.29. The van der Waals surface area contributed by atoms with Crippen molar-refractivity contribution in [3.8, 4) is 0 Å². The molecule has 0 spiro atoms. The third kappa shape index (κ3) is 4.88. The van der Waals surface area contributed by atoms with E-state index in [-0.39, 0.29) is 17.7 Å². The minimum absolute atomic E-state index is 0.00591. The Morgan fingerprint density at radius 2 is 2.27 bits per heavy atom. The Kier molecular flexibility index (Phi) is 6.33. The van der Waals surface area contributed by atoms with Crippen molar-refractivity contribution < 1.29 is 9.59 Å². The highest BCUT2D eigenvalue weighted by molar-refractivity contribution is 7.09. The topological polar surface area (TPSA) is 75.2 Å². The first-order valence-electron chi connectivity index (χ1n) is 9.04. The molecule has 138 valence electrons. The molecule has 1 atom stereocenters. The van der Waals surface area contributed by atoms with Crippen LogP contribution in [0.4, 0.5) is 0 Å². The van der Waals surface area contributed by atoms with Gasteiger partial charge in [-0.1, -0.05) is 13.0 Å². The number of hydrogen-bond donors (Lipinski definition) is 1. The minimum atomic E-state index is -0.152. The van der Waals surface area contributed by atoms with Gasteiger partial charge in [-0.15, -0.1) is 11.3 Å². The molecule has 3 heterocycles. The van der Waals surface area contributed by atoms with Crippen LogP contribution in [-0.4, -0.2) is 39.8 Å². The largest absolute Gasteiger partial charge is 0.350 e. The summed E-state index contributed by atoms with van der Waals surface area (Å²) in [6.07, 6.45) is 4.42. The van der Waals surface area contributed by atoms with Gasteiger partial charge in [0.05, 0.1) is 23.2 Å². The van der Waals surface area contributed by atoms with Crippen molar-refractivity contribution in [2.45, 2.75) is 39.2 Å². The number of carbonyl (C=O) groups is 2. The fourth-order valence-electron chi connectivity index (χ4n) is 3.05. The van der Waals surface area contributed by atoms with Crippen molar-refractivity contribution in [1.82, 2.24) is 20.2 Å². The Balaban J connectivity index is 1.49. The molecule has 1 aliphatic heterocycles. The summed E-state index contributed by atoms with van der Waals surface area (Å²) >= 11 is 1.62. The molecule has 1 aliphatic rings. The van der Waals surface area contributed by atoms with Crippen molar-refractivity contribution in [3.63, 3.8) is 0 Å². The second kappa shape index (κ2) is 8.89. The molecule has 7 heteroatoms. The average Bonchev–Trinajstić information content (AvgIpc) is 3.14. The van der Waals surface area contributed by atoms with Crippen molar-refractivity contribution in [1.29, 1.82) is 0 Å². The number of hydrogen-bond acceptors (Lipinski definition) is 5. The lowest BCUT2D eigenvalue weighted by atomic mass is 9.96. The highest BCUT2D eigenvalue weighted by atomic mass is 32.1. The van der Waals surface area contributed by atoms with Gasteiger partial charge < -0.3 is 10.2 Å². The van der Waals surface area contributed by atoms with Crippen molar-refractivity contribution in [2.24, 2.45) is 5.92 Å². The van der Waals surface area contributed by atoms with E-state index in [1.807, 2.05) is 23.6 Å². The van der Waals surface area contributed by atoms with Gasteiger partial charge in [0.1, 0.15) is 0 Å². The summed E-state index contributed by atoms with van der Waals surface area (Å²) in [4.78, 5) is 35.2. The van der Waals surface area contributed by atoms with Crippen LogP contribution in [0.2, 0.25) is 0 Å². The maximum atomic E-state index is 12.5. The number of pyridine rings is 1. The van der Waals surface area contributed by atoms with Crippen molar-refractivity contribution in [3.05, 3.63) is 46.2 Å². The van der Waals surface area contributed by atoms with E-state index in [1.165, 1.54) is 0 Å². The molecule has 3 rings (SSSR count). The summed E-state index contributed by atoms with van der Waals surface area (Å²) in [5, 5.41) is 6.04. The minimum Gasteiger partial charge on any atom is -0.350 e. The van der Waals surface area contributed by atoms with Gasteiger partial charge in [0, 0.05) is 43.2 Å². The predicted octanol–water partition coefficient (Wildman–Crippen LogP) is 2.20. The lowest BCUT2D eigenvalue weighted by Gasteiger charge is -2.31. The van der Waals surface area contributed by atoms with Crippen LogP contribution in [-0.2, 0) is 29.0 Å². The molecule has 6 nitrogen and oxygen atoms in total. The monoisotopic (exact) mass is 372 g/mol. The first-order chi connectivity index (χ1) is 12.7. The van der Waals surface area contributed by atoms with Gasteiger partial charge in [0.2, 0.25) is 11.8 Å². The smallest absolute Gasteiger partial charge is 0.225 e. The molecule has 0 bridgehead atoms. The summed E-state index contributed by atoms with van der Waals surface area (Å²) in [6, 6.07) is 5.78. The van der Waals surface area contributed by atoms with Gasteiger partial charge in [-0.05, 0) is 25.0 Å². The first-order valence-corrected chi connectivity index (χ1v) is 9.92. The van der Waals surface area contributed by atoms with E-state index >= 15 is 0 Å². The van der Waals surface area contributed by atoms with E-state index in [0.717, 1.165) is 22.8 Å². The molecule has 0 aliphatic carbocycles. The number of aromatic nitrogens is 2. The fraction of sp³-hybridized carbons (Fsp3) is 0.474. The Labute approximate surface area is 157 Å². The molecular weight excluding hydrogens is 348 g/mol. The van der Waals surface area contributed by atoms with Crippen LogP contribution in [0.1, 0.15) is 36.2 Å². The van der Waals surface area contributed by atoms with E-state index in [4.69, 9.17) is 0 Å². The van der Waals surface area contributed by atoms with Crippen LogP contribution in [0.3, 0.4) is 0 Å². The van der Waals surface area contributed by atoms with Gasteiger partial charge in [0.25, 0.3) is 0 Å². The fourth-order valence-corrected chi connectivity index (χ4v) is 3.80. The molecular formula is C19H24N4O2S. The van der Waals surface area contributed by atoms with Crippen LogP contribution < -0.4 is 5.32 Å². The number of rotatable bonds is 7. The lowest BCUT2D eigenvalue weighted by molar-refractivity contribution is -0.138. The second-order valence-electron chi connectivity index (χ2n) is 6.45. The second-order valence-corrected chi connectivity index (χ2v) is 7.39.